The van der Waals surface area contributed by atoms with Gasteiger partial charge in [-0.15, -0.1) is 0 Å². The Balaban J connectivity index is 1.71. The van der Waals surface area contributed by atoms with E-state index in [0.717, 1.165) is 42.2 Å². The molecule has 0 radical (unpaired) electrons. The Morgan fingerprint density at radius 1 is 1.06 bits per heavy atom. The van der Waals surface area contributed by atoms with Crippen LogP contribution in [0.3, 0.4) is 0 Å². The Hall–Kier alpha value is -3.92. The van der Waals surface area contributed by atoms with Crippen molar-refractivity contribution < 1.29 is 27.5 Å². The molecule has 0 saturated heterocycles. The van der Waals surface area contributed by atoms with E-state index in [0.29, 0.717) is 16.7 Å². The van der Waals surface area contributed by atoms with E-state index in [1.54, 1.807) is 0 Å². The van der Waals surface area contributed by atoms with Crippen LogP contribution in [0, 0.1) is 0 Å². The lowest BCUT2D eigenvalue weighted by atomic mass is 9.72. The molecule has 2 N–H and O–H groups in total. The van der Waals surface area contributed by atoms with Gasteiger partial charge in [0.05, 0.1) is 12.6 Å². The average molecular weight is 494 g/mol. The average Bonchev–Trinajstić information content (AvgIpc) is 3.20. The monoisotopic (exact) mass is 493 g/mol. The summed E-state index contributed by atoms with van der Waals surface area (Å²) in [5, 5.41) is 12.0. The summed E-state index contributed by atoms with van der Waals surface area (Å²) in [6.45, 7) is 0. The summed E-state index contributed by atoms with van der Waals surface area (Å²) in [6.07, 6.45) is 2.39. The van der Waals surface area contributed by atoms with E-state index in [1.165, 1.54) is 7.11 Å². The van der Waals surface area contributed by atoms with E-state index >= 15 is 0 Å². The quantitative estimate of drug-likeness (QED) is 0.372. The second-order valence-corrected chi connectivity index (χ2v) is 10.5. The Bertz CT molecular complexity index is 1530. The van der Waals surface area contributed by atoms with Crippen LogP contribution in [0.5, 0.6) is 5.88 Å². The number of benzene rings is 2. The zero-order chi connectivity index (χ0) is 24.8. The molecular weight excluding hydrogens is 470 g/mol. The highest BCUT2D eigenvalue weighted by atomic mass is 32.2. The van der Waals surface area contributed by atoms with Crippen LogP contribution >= 0.6 is 0 Å². The number of carboxylic acid groups (broad SMARTS) is 1. The van der Waals surface area contributed by atoms with Crippen LogP contribution in [0.4, 0.5) is 4.79 Å². The van der Waals surface area contributed by atoms with Gasteiger partial charge in [-0.3, -0.25) is 0 Å². The van der Waals surface area contributed by atoms with Crippen molar-refractivity contribution in [2.45, 2.75) is 30.0 Å². The van der Waals surface area contributed by atoms with Gasteiger partial charge in [0.25, 0.3) is 5.16 Å². The second-order valence-electron chi connectivity index (χ2n) is 8.58. The highest BCUT2D eigenvalue weighted by Gasteiger charge is 2.40. The van der Waals surface area contributed by atoms with E-state index in [-0.39, 0.29) is 16.7 Å². The SMILES string of the molecule is COc1nc(S(C)(=O)=O)nc2oc(-c3ccc(C4(NC(=O)O)CCC4)cc3)c(-c3ccccc3)c12. The van der Waals surface area contributed by atoms with E-state index in [9.17, 15) is 18.3 Å². The Kier molecular flexibility index (Phi) is 5.47. The Morgan fingerprint density at radius 3 is 2.29 bits per heavy atom. The number of amides is 1. The van der Waals surface area contributed by atoms with Crippen molar-refractivity contribution in [1.82, 2.24) is 15.3 Å². The number of aromatic nitrogens is 2. The van der Waals surface area contributed by atoms with E-state index in [2.05, 4.69) is 15.3 Å². The normalized spacial score (nSPS) is 14.9. The predicted octanol–water partition coefficient (Wildman–Crippen LogP) is 4.62. The molecular formula is C25H23N3O6S. The fraction of sp³-hybridized carbons (Fsp3) is 0.240. The minimum atomic E-state index is -3.71. The smallest absolute Gasteiger partial charge is 0.405 e. The van der Waals surface area contributed by atoms with Gasteiger partial charge in [0.1, 0.15) is 11.1 Å². The van der Waals surface area contributed by atoms with Gasteiger partial charge in [0, 0.05) is 17.4 Å². The number of hydrogen-bond donors (Lipinski definition) is 2. The molecule has 1 saturated carbocycles. The van der Waals surface area contributed by atoms with Crippen LogP contribution in [0.1, 0.15) is 24.8 Å². The number of ether oxygens (including phenoxy) is 1. The van der Waals surface area contributed by atoms with Gasteiger partial charge in [0.15, 0.2) is 0 Å². The molecule has 180 valence electrons. The zero-order valence-electron chi connectivity index (χ0n) is 19.1. The summed E-state index contributed by atoms with van der Waals surface area (Å²) < 4.78 is 35.9. The van der Waals surface area contributed by atoms with Crippen LogP contribution < -0.4 is 10.1 Å². The maximum Gasteiger partial charge on any atom is 0.405 e. The number of carbonyl (C=O) groups is 1. The molecule has 2 aromatic heterocycles. The molecule has 1 aliphatic rings. The van der Waals surface area contributed by atoms with Gasteiger partial charge in [-0.1, -0.05) is 54.6 Å². The van der Waals surface area contributed by atoms with Crippen LogP contribution in [0.25, 0.3) is 33.6 Å². The first kappa shape index (κ1) is 22.9. The first-order valence-corrected chi connectivity index (χ1v) is 12.9. The molecule has 2 heterocycles. The summed E-state index contributed by atoms with van der Waals surface area (Å²) in [6, 6.07) is 17.0. The van der Waals surface area contributed by atoms with E-state index < -0.39 is 21.5 Å². The van der Waals surface area contributed by atoms with Gasteiger partial charge in [-0.25, -0.2) is 13.2 Å². The van der Waals surface area contributed by atoms with Gasteiger partial charge in [0.2, 0.25) is 21.4 Å². The molecule has 0 aliphatic heterocycles. The van der Waals surface area contributed by atoms with Crippen molar-refractivity contribution in [1.29, 1.82) is 0 Å². The topological polar surface area (TPSA) is 132 Å². The molecule has 5 rings (SSSR count). The van der Waals surface area contributed by atoms with Gasteiger partial charge >= 0.3 is 6.09 Å². The molecule has 0 atom stereocenters. The molecule has 1 fully saturated rings. The highest BCUT2D eigenvalue weighted by molar-refractivity contribution is 7.90. The van der Waals surface area contributed by atoms with Crippen molar-refractivity contribution in [3.05, 3.63) is 60.2 Å². The summed E-state index contributed by atoms with van der Waals surface area (Å²) >= 11 is 0. The van der Waals surface area contributed by atoms with Crippen LogP contribution in [-0.4, -0.2) is 43.0 Å². The first-order valence-electron chi connectivity index (χ1n) is 11.0. The number of fused-ring (bicyclic) bond motifs is 1. The number of sulfone groups is 1. The van der Waals surface area contributed by atoms with Crippen molar-refractivity contribution in [2.24, 2.45) is 0 Å². The third-order valence-electron chi connectivity index (χ3n) is 6.34. The molecule has 0 bridgehead atoms. The lowest BCUT2D eigenvalue weighted by Gasteiger charge is -2.42. The number of nitrogens with one attached hydrogen (secondary N) is 1. The Labute approximate surface area is 201 Å². The minimum Gasteiger partial charge on any atom is -0.480 e. The maximum absolute atomic E-state index is 12.1. The van der Waals surface area contributed by atoms with Crippen LogP contribution in [-0.2, 0) is 15.4 Å². The summed E-state index contributed by atoms with van der Waals surface area (Å²) in [5.41, 5.74) is 2.61. The standard InChI is InChI=1S/C25H23N3O6S/c1-33-21-19-18(15-7-4-3-5-8-15)20(34-22(19)27-23(26-21)35(2,31)32)16-9-11-17(12-10-16)25(13-6-14-25)28-24(29)30/h3-5,7-12,28H,6,13-14H2,1-2H3,(H,29,30). The number of furan rings is 1. The van der Waals surface area contributed by atoms with E-state index in [1.807, 2.05) is 54.6 Å². The molecule has 0 spiro atoms. The number of hydrogen-bond acceptors (Lipinski definition) is 7. The third kappa shape index (κ3) is 3.99. The summed E-state index contributed by atoms with van der Waals surface area (Å²) in [7, 11) is -2.29. The molecule has 1 amide bonds. The lowest BCUT2D eigenvalue weighted by molar-refractivity contribution is 0.144. The van der Waals surface area contributed by atoms with Gasteiger partial charge < -0.3 is 19.6 Å². The van der Waals surface area contributed by atoms with Crippen LogP contribution in [0.2, 0.25) is 0 Å². The number of methoxy groups -OCH3 is 1. The molecule has 9 nitrogen and oxygen atoms in total. The van der Waals surface area contributed by atoms with Crippen molar-refractivity contribution >= 4 is 27.0 Å². The van der Waals surface area contributed by atoms with Gasteiger partial charge in [-0.2, -0.15) is 9.97 Å². The van der Waals surface area contributed by atoms with Crippen LogP contribution in [0.15, 0.2) is 64.2 Å². The molecule has 0 unspecified atom stereocenters. The van der Waals surface area contributed by atoms with Crippen molar-refractivity contribution in [3.63, 3.8) is 0 Å². The van der Waals surface area contributed by atoms with Gasteiger partial charge in [-0.05, 0) is 30.4 Å². The number of rotatable bonds is 6. The molecule has 35 heavy (non-hydrogen) atoms. The largest absolute Gasteiger partial charge is 0.480 e. The number of nitrogens with zero attached hydrogens (tertiary/aromatic N) is 2. The van der Waals surface area contributed by atoms with Crippen molar-refractivity contribution in [3.8, 4) is 28.3 Å². The second kappa shape index (κ2) is 8.38. The summed E-state index contributed by atoms with van der Waals surface area (Å²) in [4.78, 5) is 19.6. The van der Waals surface area contributed by atoms with Crippen molar-refractivity contribution in [2.75, 3.05) is 13.4 Å². The fourth-order valence-corrected chi connectivity index (χ4v) is 5.01. The minimum absolute atomic E-state index is 0.0956. The predicted molar refractivity (Wildman–Crippen MR) is 129 cm³/mol. The lowest BCUT2D eigenvalue weighted by Crippen LogP contribution is -2.50. The maximum atomic E-state index is 12.1. The van der Waals surface area contributed by atoms with E-state index in [4.69, 9.17) is 9.15 Å². The molecule has 4 aromatic rings. The molecule has 2 aromatic carbocycles. The fourth-order valence-electron chi connectivity index (χ4n) is 4.51. The molecule has 10 heteroatoms. The summed E-state index contributed by atoms with van der Waals surface area (Å²) in [5.74, 6) is 0.574. The highest BCUT2D eigenvalue weighted by Crippen LogP contribution is 2.45. The first-order chi connectivity index (χ1) is 16.7. The molecule has 1 aliphatic carbocycles. The Morgan fingerprint density at radius 2 is 1.74 bits per heavy atom. The zero-order valence-corrected chi connectivity index (χ0v) is 19.9. The third-order valence-corrected chi connectivity index (χ3v) is 7.18.